The summed E-state index contributed by atoms with van der Waals surface area (Å²) in [5.74, 6) is 0.205. The van der Waals surface area contributed by atoms with Gasteiger partial charge in [0.15, 0.2) is 0 Å². The maximum absolute atomic E-state index is 12.7. The molecule has 1 amide bonds. The Hall–Kier alpha value is -1.96. The summed E-state index contributed by atoms with van der Waals surface area (Å²) in [5.41, 5.74) is 2.95. The second-order valence-corrected chi connectivity index (χ2v) is 12.2. The number of ether oxygens (including phenoxy) is 1. The average molecular weight is 514 g/mol. The number of hydrogen-bond acceptors (Lipinski definition) is 7. The number of alkyl halides is 2. The number of hydrogen-bond donors (Lipinski definition) is 5. The predicted octanol–water partition coefficient (Wildman–Crippen LogP) is 3.36. The second-order valence-electron chi connectivity index (χ2n) is 8.21. The van der Waals surface area contributed by atoms with Gasteiger partial charge in [0.05, 0.1) is 24.3 Å². The maximum atomic E-state index is 12.7. The SMILES string of the molecule is COc1cc(C)c(NC(=O)CCl)cc1NC1NCC(Cl)C(Nc2ccccc2P(C)(C)=O)N1. The molecule has 2 aromatic carbocycles. The molecule has 180 valence electrons. The molecule has 0 aromatic heterocycles. The van der Waals surface area contributed by atoms with Crippen molar-refractivity contribution in [2.45, 2.75) is 24.8 Å². The number of aryl methyl sites for hydroxylation is 1. The number of carbonyl (C=O) groups excluding carboxylic acids is 1. The molecular weight excluding hydrogens is 484 g/mol. The van der Waals surface area contributed by atoms with Gasteiger partial charge in [-0.15, -0.1) is 23.2 Å². The molecule has 0 radical (unpaired) electrons. The number of benzene rings is 2. The summed E-state index contributed by atoms with van der Waals surface area (Å²) < 4.78 is 18.2. The van der Waals surface area contributed by atoms with Crippen molar-refractivity contribution >= 4 is 58.6 Å². The van der Waals surface area contributed by atoms with Gasteiger partial charge in [-0.25, -0.2) is 0 Å². The van der Waals surface area contributed by atoms with Crippen LogP contribution in [0.2, 0.25) is 0 Å². The van der Waals surface area contributed by atoms with Crippen LogP contribution in [0.3, 0.4) is 0 Å². The number of amides is 1. The van der Waals surface area contributed by atoms with Gasteiger partial charge in [0.25, 0.3) is 0 Å². The van der Waals surface area contributed by atoms with E-state index in [1.54, 1.807) is 26.5 Å². The largest absolute Gasteiger partial charge is 0.495 e. The van der Waals surface area contributed by atoms with E-state index in [4.69, 9.17) is 27.9 Å². The van der Waals surface area contributed by atoms with Crippen molar-refractivity contribution in [3.8, 4) is 5.75 Å². The van der Waals surface area contributed by atoms with Crippen molar-refractivity contribution in [3.05, 3.63) is 42.0 Å². The first kappa shape index (κ1) is 25.7. The van der Waals surface area contributed by atoms with Crippen molar-refractivity contribution in [1.29, 1.82) is 0 Å². The second kappa shape index (κ2) is 11.0. The quantitative estimate of drug-likeness (QED) is 0.272. The van der Waals surface area contributed by atoms with Crippen molar-refractivity contribution in [2.24, 2.45) is 0 Å². The smallest absolute Gasteiger partial charge is 0.239 e. The van der Waals surface area contributed by atoms with E-state index < -0.39 is 7.14 Å². The summed E-state index contributed by atoms with van der Waals surface area (Å²) in [6.07, 6.45) is -0.655. The van der Waals surface area contributed by atoms with Gasteiger partial charge >= 0.3 is 0 Å². The number of rotatable bonds is 8. The number of para-hydroxylation sites is 1. The van der Waals surface area contributed by atoms with Crippen molar-refractivity contribution in [3.63, 3.8) is 0 Å². The Kier molecular flexibility index (Phi) is 8.54. The molecule has 1 aliphatic rings. The van der Waals surface area contributed by atoms with E-state index in [0.717, 1.165) is 16.6 Å². The van der Waals surface area contributed by atoms with E-state index in [2.05, 4.69) is 26.6 Å². The fourth-order valence-electron chi connectivity index (χ4n) is 3.59. The monoisotopic (exact) mass is 513 g/mol. The molecule has 0 bridgehead atoms. The molecule has 0 saturated carbocycles. The third-order valence-corrected chi connectivity index (χ3v) is 7.46. The lowest BCUT2D eigenvalue weighted by atomic mass is 10.1. The highest BCUT2D eigenvalue weighted by Crippen LogP contribution is 2.38. The standard InChI is InChI=1S/C22H30Cl2N5O3P/c1-13-9-18(32-2)17(10-16(13)26-20(30)11-23)28-22-25-12-14(24)21(29-22)27-15-7-5-6-8-19(15)33(3,4)31/h5-10,14,21-22,25,27-29H,11-12H2,1-4H3,(H,26,30). The van der Waals surface area contributed by atoms with Crippen LogP contribution in [0, 0.1) is 6.92 Å². The lowest BCUT2D eigenvalue weighted by Crippen LogP contribution is -2.64. The summed E-state index contributed by atoms with van der Waals surface area (Å²) in [6, 6.07) is 11.2. The molecule has 33 heavy (non-hydrogen) atoms. The Bertz CT molecular complexity index is 1050. The summed E-state index contributed by atoms with van der Waals surface area (Å²) >= 11 is 12.2. The highest BCUT2D eigenvalue weighted by Gasteiger charge is 2.30. The van der Waals surface area contributed by atoms with E-state index in [0.29, 0.717) is 23.7 Å². The van der Waals surface area contributed by atoms with Crippen LogP contribution in [-0.2, 0) is 9.36 Å². The minimum Gasteiger partial charge on any atom is -0.495 e. The minimum atomic E-state index is -2.47. The van der Waals surface area contributed by atoms with Gasteiger partial charge in [0.1, 0.15) is 25.1 Å². The molecule has 3 atom stereocenters. The Morgan fingerprint density at radius 1 is 1.18 bits per heavy atom. The van der Waals surface area contributed by atoms with Gasteiger partial charge in [-0.1, -0.05) is 12.1 Å². The first-order valence-corrected chi connectivity index (χ1v) is 14.0. The molecule has 11 heteroatoms. The third kappa shape index (κ3) is 6.55. The van der Waals surface area contributed by atoms with Crippen molar-refractivity contribution in [1.82, 2.24) is 10.6 Å². The van der Waals surface area contributed by atoms with Crippen molar-refractivity contribution < 1.29 is 14.1 Å². The zero-order chi connectivity index (χ0) is 24.2. The van der Waals surface area contributed by atoms with Gasteiger partial charge in [-0.05, 0) is 50.1 Å². The van der Waals surface area contributed by atoms with Crippen LogP contribution in [0.5, 0.6) is 5.75 Å². The molecule has 1 heterocycles. The molecule has 8 nitrogen and oxygen atoms in total. The summed E-state index contributed by atoms with van der Waals surface area (Å²) in [4.78, 5) is 11.8. The van der Waals surface area contributed by atoms with Crippen molar-refractivity contribution in [2.75, 3.05) is 48.8 Å². The molecule has 5 N–H and O–H groups in total. The van der Waals surface area contributed by atoms with Crippen LogP contribution < -0.4 is 36.6 Å². The zero-order valence-electron chi connectivity index (χ0n) is 19.0. The van der Waals surface area contributed by atoms with Crippen LogP contribution in [0.25, 0.3) is 0 Å². The summed E-state index contributed by atoms with van der Waals surface area (Å²) in [6.45, 7) is 5.89. The van der Waals surface area contributed by atoms with E-state index in [9.17, 15) is 9.36 Å². The fraction of sp³-hybridized carbons (Fsp3) is 0.409. The van der Waals surface area contributed by atoms with Gasteiger partial charge in [0, 0.05) is 23.2 Å². The molecule has 0 spiro atoms. The van der Waals surface area contributed by atoms with Crippen LogP contribution >= 0.6 is 30.3 Å². The molecule has 1 fully saturated rings. The number of methoxy groups -OCH3 is 1. The van der Waals surface area contributed by atoms with E-state index in [-0.39, 0.29) is 29.6 Å². The van der Waals surface area contributed by atoms with Gasteiger partial charge in [0.2, 0.25) is 5.91 Å². The van der Waals surface area contributed by atoms with Crippen LogP contribution in [0.15, 0.2) is 36.4 Å². The average Bonchev–Trinajstić information content (AvgIpc) is 2.77. The highest BCUT2D eigenvalue weighted by molar-refractivity contribution is 7.70. The lowest BCUT2D eigenvalue weighted by Gasteiger charge is -2.37. The molecule has 1 saturated heterocycles. The van der Waals surface area contributed by atoms with E-state index >= 15 is 0 Å². The Morgan fingerprint density at radius 3 is 2.58 bits per heavy atom. The van der Waals surface area contributed by atoms with Crippen LogP contribution in [-0.4, -0.2) is 56.6 Å². The molecule has 1 aliphatic heterocycles. The number of nitrogens with one attached hydrogen (secondary N) is 5. The van der Waals surface area contributed by atoms with Gasteiger partial charge in [-0.2, -0.15) is 0 Å². The van der Waals surface area contributed by atoms with E-state index in [1.165, 1.54) is 0 Å². The number of anilines is 3. The fourth-order valence-corrected chi connectivity index (χ4v) is 5.04. The molecule has 2 aromatic rings. The topological polar surface area (TPSA) is 104 Å². The first-order valence-electron chi connectivity index (χ1n) is 10.5. The molecule has 3 unspecified atom stereocenters. The Balaban J connectivity index is 1.79. The number of carbonyl (C=O) groups is 1. The minimum absolute atomic E-state index is 0.131. The van der Waals surface area contributed by atoms with Crippen LogP contribution in [0.4, 0.5) is 17.1 Å². The molecular formula is C22H30Cl2N5O3P. The maximum Gasteiger partial charge on any atom is 0.239 e. The van der Waals surface area contributed by atoms with E-state index in [1.807, 2.05) is 37.3 Å². The Morgan fingerprint density at radius 2 is 1.91 bits per heavy atom. The number of halogens is 2. The Labute approximate surface area is 204 Å². The highest BCUT2D eigenvalue weighted by atomic mass is 35.5. The lowest BCUT2D eigenvalue weighted by molar-refractivity contribution is -0.113. The summed E-state index contributed by atoms with van der Waals surface area (Å²) in [5, 5.41) is 16.8. The van der Waals surface area contributed by atoms with Gasteiger partial charge < -0.3 is 25.3 Å². The third-order valence-electron chi connectivity index (χ3n) is 5.26. The normalized spacial score (nSPS) is 20.7. The molecule has 0 aliphatic carbocycles. The van der Waals surface area contributed by atoms with Gasteiger partial charge in [-0.3, -0.25) is 15.4 Å². The zero-order valence-corrected chi connectivity index (χ0v) is 21.4. The van der Waals surface area contributed by atoms with Crippen LogP contribution in [0.1, 0.15) is 5.56 Å². The predicted molar refractivity (Wildman–Crippen MR) is 138 cm³/mol. The summed E-state index contributed by atoms with van der Waals surface area (Å²) in [7, 11) is -0.888. The first-order chi connectivity index (χ1) is 15.6. The molecule has 3 rings (SSSR count).